The highest BCUT2D eigenvalue weighted by molar-refractivity contribution is 9.10. The maximum absolute atomic E-state index is 13.8. The second kappa shape index (κ2) is 8.18. The van der Waals surface area contributed by atoms with Gasteiger partial charge >= 0.3 is 12.1 Å². The first-order chi connectivity index (χ1) is 16.2. The zero-order chi connectivity index (χ0) is 24.0. The molecule has 0 atom stereocenters. The van der Waals surface area contributed by atoms with Crippen LogP contribution in [0.5, 0.6) is 5.75 Å². The number of furan rings is 1. The zero-order valence-electron chi connectivity index (χ0n) is 17.0. The standard InChI is InChI=1S/C25H12BrF3O5/c26-15-7-5-13(6-8-15)21-22(30)17-10-9-16(12-19(17)34-23(21)25(27,28)29)32-24(31)20-11-14-3-1-2-4-18(14)33-20/h1-12H. The van der Waals surface area contributed by atoms with Crippen molar-refractivity contribution >= 4 is 43.8 Å². The molecule has 0 aliphatic carbocycles. The lowest BCUT2D eigenvalue weighted by molar-refractivity contribution is -0.152. The lowest BCUT2D eigenvalue weighted by Crippen LogP contribution is -2.16. The van der Waals surface area contributed by atoms with Crippen LogP contribution in [-0.2, 0) is 6.18 Å². The summed E-state index contributed by atoms with van der Waals surface area (Å²) in [5.41, 5.74) is -1.28. The number of hydrogen-bond acceptors (Lipinski definition) is 5. The Morgan fingerprint density at radius 1 is 0.882 bits per heavy atom. The summed E-state index contributed by atoms with van der Waals surface area (Å²) in [6.45, 7) is 0. The number of benzene rings is 3. The predicted molar refractivity (Wildman–Crippen MR) is 122 cm³/mol. The van der Waals surface area contributed by atoms with Crippen molar-refractivity contribution in [1.29, 1.82) is 0 Å². The van der Waals surface area contributed by atoms with E-state index in [-0.39, 0.29) is 28.0 Å². The summed E-state index contributed by atoms with van der Waals surface area (Å²) in [4.78, 5) is 25.5. The molecule has 0 fully saturated rings. The van der Waals surface area contributed by atoms with Gasteiger partial charge in [0.25, 0.3) is 0 Å². The van der Waals surface area contributed by atoms with Gasteiger partial charge < -0.3 is 13.6 Å². The molecule has 2 aromatic heterocycles. The second-order valence-corrected chi connectivity index (χ2v) is 8.25. The van der Waals surface area contributed by atoms with Crippen LogP contribution in [0.4, 0.5) is 13.2 Å². The summed E-state index contributed by atoms with van der Waals surface area (Å²) < 4.78 is 57.9. The van der Waals surface area contributed by atoms with E-state index in [1.165, 1.54) is 42.5 Å². The Kier molecular flexibility index (Phi) is 5.28. The molecule has 0 aliphatic heterocycles. The third-order valence-corrected chi connectivity index (χ3v) is 5.62. The van der Waals surface area contributed by atoms with Crippen LogP contribution in [0.1, 0.15) is 16.3 Å². The normalized spacial score (nSPS) is 11.8. The minimum atomic E-state index is -4.93. The van der Waals surface area contributed by atoms with Gasteiger partial charge in [-0.2, -0.15) is 13.2 Å². The Hall–Kier alpha value is -3.85. The molecule has 0 saturated carbocycles. The maximum Gasteiger partial charge on any atom is 0.450 e. The van der Waals surface area contributed by atoms with E-state index in [1.54, 1.807) is 24.3 Å². The van der Waals surface area contributed by atoms with Gasteiger partial charge in [-0.1, -0.05) is 46.3 Å². The van der Waals surface area contributed by atoms with Gasteiger partial charge in [-0.3, -0.25) is 4.79 Å². The summed E-state index contributed by atoms with van der Waals surface area (Å²) in [5.74, 6) is -2.47. The van der Waals surface area contributed by atoms with Crippen LogP contribution in [0.3, 0.4) is 0 Å². The van der Waals surface area contributed by atoms with E-state index < -0.39 is 28.9 Å². The highest BCUT2D eigenvalue weighted by Gasteiger charge is 2.39. The first-order valence-corrected chi connectivity index (χ1v) is 10.6. The minimum absolute atomic E-state index is 0.0616. The van der Waals surface area contributed by atoms with Gasteiger partial charge in [-0.05, 0) is 42.0 Å². The molecule has 0 aliphatic rings. The van der Waals surface area contributed by atoms with Crippen molar-refractivity contribution < 1.29 is 31.5 Å². The Labute approximate surface area is 197 Å². The van der Waals surface area contributed by atoms with Crippen LogP contribution < -0.4 is 10.2 Å². The number of carbonyl (C=O) groups excluding carboxylic acids is 1. The third kappa shape index (κ3) is 3.99. The quantitative estimate of drug-likeness (QED) is 0.183. The van der Waals surface area contributed by atoms with Crippen molar-refractivity contribution in [1.82, 2.24) is 0 Å². The number of ether oxygens (including phenoxy) is 1. The van der Waals surface area contributed by atoms with Crippen LogP contribution in [0.15, 0.2) is 90.9 Å². The smallest absolute Gasteiger partial charge is 0.450 e. The number of para-hydroxylation sites is 1. The lowest BCUT2D eigenvalue weighted by atomic mass is 10.0. The fraction of sp³-hybridized carbons (Fsp3) is 0.0400. The fourth-order valence-electron chi connectivity index (χ4n) is 3.56. The van der Waals surface area contributed by atoms with E-state index >= 15 is 0 Å². The van der Waals surface area contributed by atoms with Crippen LogP contribution in [0.25, 0.3) is 33.1 Å². The topological polar surface area (TPSA) is 69.7 Å². The minimum Gasteiger partial charge on any atom is -0.450 e. The van der Waals surface area contributed by atoms with Gasteiger partial charge in [0, 0.05) is 15.9 Å². The summed E-state index contributed by atoms with van der Waals surface area (Å²) in [6, 6.07) is 17.9. The number of hydrogen-bond donors (Lipinski definition) is 0. The van der Waals surface area contributed by atoms with E-state index in [1.807, 2.05) is 0 Å². The van der Waals surface area contributed by atoms with Crippen LogP contribution >= 0.6 is 15.9 Å². The Morgan fingerprint density at radius 2 is 1.62 bits per heavy atom. The second-order valence-electron chi connectivity index (χ2n) is 7.34. The van der Waals surface area contributed by atoms with Gasteiger partial charge in [-0.15, -0.1) is 0 Å². The molecule has 0 unspecified atom stereocenters. The molecule has 34 heavy (non-hydrogen) atoms. The van der Waals surface area contributed by atoms with Gasteiger partial charge in [0.15, 0.2) is 0 Å². The molecule has 170 valence electrons. The van der Waals surface area contributed by atoms with Gasteiger partial charge in [0.1, 0.15) is 16.9 Å². The summed E-state index contributed by atoms with van der Waals surface area (Å²) >= 11 is 3.22. The molecular weight excluding hydrogens is 517 g/mol. The molecule has 0 spiro atoms. The molecule has 0 saturated heterocycles. The Morgan fingerprint density at radius 3 is 2.32 bits per heavy atom. The Balaban J connectivity index is 1.57. The molecule has 0 bridgehead atoms. The fourth-order valence-corrected chi connectivity index (χ4v) is 3.82. The molecule has 5 nitrogen and oxygen atoms in total. The first-order valence-electron chi connectivity index (χ1n) is 9.85. The number of halogens is 4. The number of fused-ring (bicyclic) bond motifs is 2. The Bertz CT molecular complexity index is 1580. The third-order valence-electron chi connectivity index (χ3n) is 5.09. The molecule has 0 radical (unpaired) electrons. The van der Waals surface area contributed by atoms with Crippen LogP contribution in [0.2, 0.25) is 0 Å². The molecule has 2 heterocycles. The van der Waals surface area contributed by atoms with Gasteiger partial charge in [-0.25, -0.2) is 4.79 Å². The number of carbonyl (C=O) groups is 1. The van der Waals surface area contributed by atoms with Crippen molar-refractivity contribution in [3.8, 4) is 16.9 Å². The van der Waals surface area contributed by atoms with Crippen LogP contribution in [-0.4, -0.2) is 5.97 Å². The van der Waals surface area contributed by atoms with Crippen molar-refractivity contribution in [2.24, 2.45) is 0 Å². The molecule has 0 amide bonds. The van der Waals surface area contributed by atoms with Gasteiger partial charge in [0.2, 0.25) is 16.9 Å². The summed E-state index contributed by atoms with van der Waals surface area (Å²) in [5, 5.41) is 0.601. The SMILES string of the molecule is O=C(Oc1ccc2c(=O)c(-c3ccc(Br)cc3)c(C(F)(F)F)oc2c1)c1cc2ccccc2o1. The molecule has 0 N–H and O–H groups in total. The highest BCUT2D eigenvalue weighted by atomic mass is 79.9. The monoisotopic (exact) mass is 528 g/mol. The maximum atomic E-state index is 13.8. The average molecular weight is 529 g/mol. The van der Waals surface area contributed by atoms with Crippen molar-refractivity contribution in [3.63, 3.8) is 0 Å². The van der Waals surface area contributed by atoms with E-state index in [0.717, 1.165) is 6.07 Å². The summed E-state index contributed by atoms with van der Waals surface area (Å²) in [6.07, 6.45) is -4.93. The van der Waals surface area contributed by atoms with Crippen molar-refractivity contribution in [2.45, 2.75) is 6.18 Å². The van der Waals surface area contributed by atoms with Crippen LogP contribution in [0, 0.1) is 0 Å². The molecule has 3 aromatic carbocycles. The molecule has 5 aromatic rings. The van der Waals surface area contributed by atoms with Crippen molar-refractivity contribution in [2.75, 3.05) is 0 Å². The van der Waals surface area contributed by atoms with E-state index in [0.29, 0.717) is 15.4 Å². The van der Waals surface area contributed by atoms with E-state index in [2.05, 4.69) is 15.9 Å². The average Bonchev–Trinajstić information content (AvgIpc) is 3.24. The van der Waals surface area contributed by atoms with E-state index in [4.69, 9.17) is 13.6 Å². The largest absolute Gasteiger partial charge is 0.450 e. The predicted octanol–water partition coefficient (Wildman–Crippen LogP) is 7.21. The van der Waals surface area contributed by atoms with Gasteiger partial charge in [0.05, 0.1) is 10.9 Å². The zero-order valence-corrected chi connectivity index (χ0v) is 18.6. The molecular formula is C25H12BrF3O5. The number of alkyl halides is 3. The first kappa shape index (κ1) is 22.0. The molecule has 5 rings (SSSR count). The molecule has 9 heteroatoms. The number of esters is 1. The summed E-state index contributed by atoms with van der Waals surface area (Å²) in [7, 11) is 0. The lowest BCUT2D eigenvalue weighted by Gasteiger charge is -2.13. The van der Waals surface area contributed by atoms with E-state index in [9.17, 15) is 22.8 Å². The number of rotatable bonds is 3. The van der Waals surface area contributed by atoms with Crippen molar-refractivity contribution in [3.05, 3.63) is 99.0 Å². The highest BCUT2D eigenvalue weighted by Crippen LogP contribution is 2.38.